The van der Waals surface area contributed by atoms with Gasteiger partial charge in [0.2, 0.25) is 0 Å². The quantitative estimate of drug-likeness (QED) is 0.774. The van der Waals surface area contributed by atoms with Gasteiger partial charge in [-0.2, -0.15) is 0 Å². The summed E-state index contributed by atoms with van der Waals surface area (Å²) in [4.78, 5) is 12.0. The van der Waals surface area contributed by atoms with Gasteiger partial charge in [-0.05, 0) is 17.1 Å². The van der Waals surface area contributed by atoms with E-state index in [1.807, 2.05) is 32.0 Å². The van der Waals surface area contributed by atoms with E-state index in [0.29, 0.717) is 11.5 Å². The van der Waals surface area contributed by atoms with E-state index in [4.69, 9.17) is 25.8 Å². The van der Waals surface area contributed by atoms with Crippen LogP contribution in [0.5, 0.6) is 11.5 Å². The van der Waals surface area contributed by atoms with Crippen LogP contribution in [-0.4, -0.2) is 27.3 Å². The van der Waals surface area contributed by atoms with Crippen LogP contribution in [0.2, 0.25) is 0 Å². The van der Waals surface area contributed by atoms with Gasteiger partial charge in [-0.1, -0.05) is 37.6 Å². The van der Waals surface area contributed by atoms with Crippen molar-refractivity contribution in [2.24, 2.45) is 17.3 Å². The number of carbonyl (C=O) groups excluding carboxylic acids is 1. The second kappa shape index (κ2) is 6.21. The summed E-state index contributed by atoms with van der Waals surface area (Å²) in [6.07, 6.45) is 0. The third-order valence-corrected chi connectivity index (χ3v) is 4.68. The lowest BCUT2D eigenvalue weighted by Gasteiger charge is -2.15. The molecular formula is C17H21ClO4. The average Bonchev–Trinajstić information content (AvgIpc) is 3.09. The van der Waals surface area contributed by atoms with Gasteiger partial charge >= 0.3 is 5.97 Å². The van der Waals surface area contributed by atoms with Crippen LogP contribution in [-0.2, 0) is 9.53 Å². The van der Waals surface area contributed by atoms with Gasteiger partial charge in [0.25, 0.3) is 0 Å². The molecule has 4 nitrogen and oxygen atoms in total. The van der Waals surface area contributed by atoms with Crippen molar-refractivity contribution in [2.75, 3.05) is 21.3 Å². The number of hydrogen-bond donors (Lipinski definition) is 0. The minimum Gasteiger partial charge on any atom is -0.493 e. The molecule has 0 radical (unpaired) electrons. The Morgan fingerprint density at radius 3 is 2.36 bits per heavy atom. The van der Waals surface area contributed by atoms with Gasteiger partial charge < -0.3 is 14.2 Å². The maximum absolute atomic E-state index is 12.0. The molecule has 1 aromatic carbocycles. The van der Waals surface area contributed by atoms with Crippen LogP contribution < -0.4 is 9.47 Å². The number of hydrogen-bond acceptors (Lipinski definition) is 4. The molecule has 0 heterocycles. The minimum absolute atomic E-state index is 0.0153. The topological polar surface area (TPSA) is 44.8 Å². The Morgan fingerprint density at radius 1 is 1.18 bits per heavy atom. The lowest BCUT2D eigenvalue weighted by molar-refractivity contribution is -0.143. The van der Waals surface area contributed by atoms with Gasteiger partial charge in [0.05, 0.1) is 27.2 Å². The van der Waals surface area contributed by atoms with Crippen LogP contribution in [0.1, 0.15) is 19.4 Å². The SMILES string of the molecule is COC(=O)C1C(C(=CCl)c2cccc(OC)c2OC)C1(C)C. The number of allylic oxidation sites excluding steroid dienone is 1. The highest BCUT2D eigenvalue weighted by Crippen LogP contribution is 2.65. The standard InChI is InChI=1S/C17H21ClO4/c1-17(2)13(14(17)16(19)22-5)11(9-18)10-7-6-8-12(20-3)15(10)21-4/h6-9,13-14H,1-5H3. The van der Waals surface area contributed by atoms with Crippen molar-refractivity contribution in [3.05, 3.63) is 29.3 Å². The van der Waals surface area contributed by atoms with E-state index in [1.165, 1.54) is 12.6 Å². The predicted molar refractivity (Wildman–Crippen MR) is 86.2 cm³/mol. The van der Waals surface area contributed by atoms with Crippen molar-refractivity contribution in [3.8, 4) is 11.5 Å². The number of esters is 1. The molecule has 1 aliphatic carbocycles. The molecule has 1 fully saturated rings. The fourth-order valence-electron chi connectivity index (χ4n) is 3.19. The molecule has 22 heavy (non-hydrogen) atoms. The molecule has 0 bridgehead atoms. The summed E-state index contributed by atoms with van der Waals surface area (Å²) in [5.74, 6) is 0.803. The molecule has 1 aliphatic rings. The van der Waals surface area contributed by atoms with E-state index in [2.05, 4.69) is 0 Å². The molecule has 0 saturated heterocycles. The van der Waals surface area contributed by atoms with E-state index in [0.717, 1.165) is 11.1 Å². The molecule has 0 amide bonds. The fraction of sp³-hybridized carbons (Fsp3) is 0.471. The Kier molecular flexibility index (Phi) is 4.71. The van der Waals surface area contributed by atoms with Crippen LogP contribution in [0.25, 0.3) is 5.57 Å². The van der Waals surface area contributed by atoms with Crippen LogP contribution in [0.4, 0.5) is 0 Å². The van der Waals surface area contributed by atoms with Gasteiger partial charge in [-0.15, -0.1) is 0 Å². The summed E-state index contributed by atoms with van der Waals surface area (Å²) >= 11 is 6.09. The molecule has 1 aromatic rings. The van der Waals surface area contributed by atoms with Gasteiger partial charge in [0.15, 0.2) is 11.5 Å². The molecule has 0 spiro atoms. The van der Waals surface area contributed by atoms with Crippen molar-refractivity contribution in [1.29, 1.82) is 0 Å². The maximum atomic E-state index is 12.0. The smallest absolute Gasteiger partial charge is 0.309 e. The fourth-order valence-corrected chi connectivity index (χ4v) is 3.45. The van der Waals surface area contributed by atoms with Crippen molar-refractivity contribution in [2.45, 2.75) is 13.8 Å². The average molecular weight is 325 g/mol. The Balaban J connectivity index is 2.46. The zero-order chi connectivity index (χ0) is 16.5. The van der Waals surface area contributed by atoms with Crippen LogP contribution in [0.3, 0.4) is 0 Å². The lowest BCUT2D eigenvalue weighted by Crippen LogP contribution is -2.07. The molecule has 5 heteroatoms. The summed E-state index contributed by atoms with van der Waals surface area (Å²) in [5, 5.41) is 0. The Hall–Kier alpha value is -1.68. The van der Waals surface area contributed by atoms with Gasteiger partial charge in [0.1, 0.15) is 0 Å². The van der Waals surface area contributed by atoms with Crippen LogP contribution in [0.15, 0.2) is 23.7 Å². The van der Waals surface area contributed by atoms with Crippen molar-refractivity contribution in [3.63, 3.8) is 0 Å². The van der Waals surface area contributed by atoms with Crippen molar-refractivity contribution < 1.29 is 19.0 Å². The molecule has 2 atom stereocenters. The highest BCUT2D eigenvalue weighted by Gasteiger charge is 2.64. The second-order valence-electron chi connectivity index (χ2n) is 5.91. The summed E-state index contributed by atoms with van der Waals surface area (Å²) in [6.45, 7) is 4.07. The highest BCUT2D eigenvalue weighted by atomic mass is 35.5. The molecule has 2 rings (SSSR count). The molecule has 2 unspecified atom stereocenters. The first-order chi connectivity index (χ1) is 10.4. The summed E-state index contributed by atoms with van der Waals surface area (Å²) in [7, 11) is 4.58. The first-order valence-corrected chi connectivity index (χ1v) is 7.47. The first kappa shape index (κ1) is 16.7. The number of methoxy groups -OCH3 is 3. The third kappa shape index (κ3) is 2.56. The Bertz CT molecular complexity index is 607. The van der Waals surface area contributed by atoms with E-state index in [-0.39, 0.29) is 23.2 Å². The largest absolute Gasteiger partial charge is 0.493 e. The number of carbonyl (C=O) groups is 1. The molecular weight excluding hydrogens is 304 g/mol. The van der Waals surface area contributed by atoms with Crippen molar-refractivity contribution >= 4 is 23.1 Å². The first-order valence-electron chi connectivity index (χ1n) is 7.03. The number of rotatable bonds is 5. The van der Waals surface area contributed by atoms with Crippen molar-refractivity contribution in [1.82, 2.24) is 0 Å². The minimum atomic E-state index is -0.215. The zero-order valence-electron chi connectivity index (χ0n) is 13.5. The van der Waals surface area contributed by atoms with Gasteiger partial charge in [-0.25, -0.2) is 0 Å². The third-order valence-electron chi connectivity index (χ3n) is 4.45. The van der Waals surface area contributed by atoms with Crippen LogP contribution in [0, 0.1) is 17.3 Å². The normalized spacial score (nSPS) is 22.9. The maximum Gasteiger partial charge on any atom is 0.309 e. The molecule has 120 valence electrons. The highest BCUT2D eigenvalue weighted by molar-refractivity contribution is 6.28. The van der Waals surface area contributed by atoms with Gasteiger partial charge in [0, 0.05) is 17.0 Å². The van der Waals surface area contributed by atoms with E-state index < -0.39 is 0 Å². The molecule has 0 N–H and O–H groups in total. The Morgan fingerprint density at radius 2 is 1.86 bits per heavy atom. The zero-order valence-corrected chi connectivity index (χ0v) is 14.2. The number of ether oxygens (including phenoxy) is 3. The van der Waals surface area contributed by atoms with E-state index >= 15 is 0 Å². The van der Waals surface area contributed by atoms with Crippen LogP contribution >= 0.6 is 11.6 Å². The number of halogens is 1. The van der Waals surface area contributed by atoms with E-state index in [1.54, 1.807) is 14.2 Å². The Labute approximate surface area is 136 Å². The predicted octanol–water partition coefficient (Wildman–Crippen LogP) is 3.73. The summed E-state index contributed by atoms with van der Waals surface area (Å²) < 4.78 is 15.7. The van der Waals surface area contributed by atoms with E-state index in [9.17, 15) is 4.79 Å². The summed E-state index contributed by atoms with van der Waals surface area (Å²) in [6, 6.07) is 5.61. The molecule has 1 saturated carbocycles. The molecule has 0 aliphatic heterocycles. The number of para-hydroxylation sites is 1. The second-order valence-corrected chi connectivity index (χ2v) is 6.12. The monoisotopic (exact) mass is 324 g/mol. The summed E-state index contributed by atoms with van der Waals surface area (Å²) in [5.41, 5.74) is 3.01. The lowest BCUT2D eigenvalue weighted by atomic mass is 9.97. The molecule has 0 aromatic heterocycles. The number of benzene rings is 1. The van der Waals surface area contributed by atoms with Gasteiger partial charge in [-0.3, -0.25) is 4.79 Å².